The molecule has 1 aliphatic heterocycles. The Morgan fingerprint density at radius 3 is 2.29 bits per heavy atom. The van der Waals surface area contributed by atoms with Crippen molar-refractivity contribution in [1.82, 2.24) is 10.2 Å². The number of aliphatic carboxylic acids is 1. The van der Waals surface area contributed by atoms with Gasteiger partial charge in [-0.3, -0.25) is 9.59 Å². The summed E-state index contributed by atoms with van der Waals surface area (Å²) in [7, 11) is 0. The largest absolute Gasteiger partial charge is 0.481 e. The summed E-state index contributed by atoms with van der Waals surface area (Å²) >= 11 is 0. The molecule has 34 heavy (non-hydrogen) atoms. The van der Waals surface area contributed by atoms with Crippen LogP contribution in [-0.4, -0.2) is 65.4 Å². The van der Waals surface area contributed by atoms with Crippen molar-refractivity contribution >= 4 is 18.0 Å². The summed E-state index contributed by atoms with van der Waals surface area (Å²) in [6.45, 7) is 2.83. The van der Waals surface area contributed by atoms with Gasteiger partial charge in [-0.2, -0.15) is 0 Å². The summed E-state index contributed by atoms with van der Waals surface area (Å²) in [6.07, 6.45) is -0.661. The molecule has 0 bridgehead atoms. The number of nitrogens with zero attached hydrogens (tertiary/aromatic N) is 1. The van der Waals surface area contributed by atoms with Gasteiger partial charge in [0.05, 0.1) is 6.42 Å². The number of alkyl carbamates (subject to hydrolysis) is 1. The molecule has 0 spiro atoms. The third kappa shape index (κ3) is 4.92. The van der Waals surface area contributed by atoms with E-state index in [0.29, 0.717) is 19.5 Å². The van der Waals surface area contributed by atoms with E-state index in [2.05, 4.69) is 5.32 Å². The number of ether oxygens (including phenoxy) is 1. The van der Waals surface area contributed by atoms with Crippen LogP contribution in [0.5, 0.6) is 0 Å². The minimum absolute atomic E-state index is 0.0473. The van der Waals surface area contributed by atoms with Crippen molar-refractivity contribution in [2.24, 2.45) is 11.8 Å². The number of aliphatic hydroxyl groups excluding tert-OH is 1. The number of aliphatic hydroxyl groups is 1. The first kappa shape index (κ1) is 23.8. The number of piperidine rings is 1. The Kier molecular flexibility index (Phi) is 7.17. The molecule has 0 radical (unpaired) electrons. The molecule has 0 saturated carbocycles. The quantitative estimate of drug-likeness (QED) is 0.578. The lowest BCUT2D eigenvalue weighted by Gasteiger charge is -2.37. The van der Waals surface area contributed by atoms with E-state index in [4.69, 9.17) is 4.74 Å². The lowest BCUT2D eigenvalue weighted by Crippen LogP contribution is -2.53. The predicted molar refractivity (Wildman–Crippen MR) is 125 cm³/mol. The number of rotatable bonds is 7. The molecule has 1 heterocycles. The van der Waals surface area contributed by atoms with Gasteiger partial charge in [-0.05, 0) is 34.6 Å². The number of carboxylic acids is 1. The molecule has 4 rings (SSSR count). The zero-order valence-electron chi connectivity index (χ0n) is 19.1. The van der Waals surface area contributed by atoms with E-state index in [9.17, 15) is 24.6 Å². The molecule has 3 unspecified atom stereocenters. The van der Waals surface area contributed by atoms with Crippen LogP contribution in [0.3, 0.4) is 0 Å². The van der Waals surface area contributed by atoms with Gasteiger partial charge in [0.1, 0.15) is 12.6 Å². The fraction of sp³-hybridized carbons (Fsp3) is 0.423. The van der Waals surface area contributed by atoms with Crippen LogP contribution in [0.1, 0.15) is 36.8 Å². The van der Waals surface area contributed by atoms with Gasteiger partial charge in [-0.25, -0.2) is 4.79 Å². The van der Waals surface area contributed by atoms with Crippen molar-refractivity contribution in [2.75, 3.05) is 26.3 Å². The van der Waals surface area contributed by atoms with E-state index in [1.807, 2.05) is 55.5 Å². The number of nitrogens with one attached hydrogen (secondary N) is 1. The Bertz CT molecular complexity index is 1030. The molecule has 1 fully saturated rings. The first-order valence-corrected chi connectivity index (χ1v) is 11.6. The minimum Gasteiger partial charge on any atom is -0.481 e. The van der Waals surface area contributed by atoms with Crippen molar-refractivity contribution in [1.29, 1.82) is 0 Å². The Hall–Kier alpha value is -3.39. The maximum atomic E-state index is 13.0. The number of fused-ring (bicyclic) bond motifs is 3. The van der Waals surface area contributed by atoms with Gasteiger partial charge in [0.15, 0.2) is 0 Å². The van der Waals surface area contributed by atoms with Crippen molar-refractivity contribution < 1.29 is 29.3 Å². The fourth-order valence-corrected chi connectivity index (χ4v) is 4.96. The lowest BCUT2D eigenvalue weighted by atomic mass is 9.87. The molecule has 8 heteroatoms. The van der Waals surface area contributed by atoms with E-state index >= 15 is 0 Å². The molecule has 2 amide bonds. The lowest BCUT2D eigenvalue weighted by molar-refractivity contribution is -0.143. The summed E-state index contributed by atoms with van der Waals surface area (Å²) < 4.78 is 5.49. The van der Waals surface area contributed by atoms with E-state index < -0.39 is 30.4 Å². The maximum Gasteiger partial charge on any atom is 0.407 e. The second-order valence-electron chi connectivity index (χ2n) is 9.11. The van der Waals surface area contributed by atoms with Crippen LogP contribution in [0.2, 0.25) is 0 Å². The Labute approximate surface area is 198 Å². The van der Waals surface area contributed by atoms with E-state index in [1.165, 1.54) is 4.90 Å². The summed E-state index contributed by atoms with van der Waals surface area (Å²) in [5.41, 5.74) is 4.33. The zero-order chi connectivity index (χ0) is 24.2. The maximum absolute atomic E-state index is 13.0. The molecule has 0 aromatic heterocycles. The van der Waals surface area contributed by atoms with E-state index in [0.717, 1.165) is 22.3 Å². The minimum atomic E-state index is -1.24. The van der Waals surface area contributed by atoms with Crippen LogP contribution in [-0.2, 0) is 14.3 Å². The number of benzene rings is 2. The molecule has 2 aromatic carbocycles. The third-order valence-electron chi connectivity index (χ3n) is 6.97. The number of carbonyl (C=O) groups is 3. The highest BCUT2D eigenvalue weighted by molar-refractivity contribution is 5.89. The summed E-state index contributed by atoms with van der Waals surface area (Å²) in [6, 6.07) is 14.7. The Morgan fingerprint density at radius 2 is 1.71 bits per heavy atom. The van der Waals surface area contributed by atoms with Gasteiger partial charge >= 0.3 is 12.1 Å². The topological polar surface area (TPSA) is 116 Å². The van der Waals surface area contributed by atoms with Crippen molar-refractivity contribution in [3.63, 3.8) is 0 Å². The summed E-state index contributed by atoms with van der Waals surface area (Å²) in [4.78, 5) is 38.6. The Balaban J connectivity index is 1.42. The molecular weight excluding hydrogens is 436 g/mol. The number of hydrogen-bond acceptors (Lipinski definition) is 5. The van der Waals surface area contributed by atoms with Crippen LogP contribution in [0.4, 0.5) is 4.79 Å². The first-order valence-electron chi connectivity index (χ1n) is 11.6. The van der Waals surface area contributed by atoms with Gasteiger partial charge in [0.25, 0.3) is 0 Å². The van der Waals surface area contributed by atoms with Crippen LogP contribution >= 0.6 is 0 Å². The predicted octanol–water partition coefficient (Wildman–Crippen LogP) is 2.85. The average Bonchev–Trinajstić information content (AvgIpc) is 3.15. The molecule has 180 valence electrons. The molecule has 3 N–H and O–H groups in total. The van der Waals surface area contributed by atoms with Gasteiger partial charge in [-0.1, -0.05) is 55.5 Å². The second kappa shape index (κ2) is 10.3. The number of hydrogen-bond donors (Lipinski definition) is 3. The highest BCUT2D eigenvalue weighted by Crippen LogP contribution is 2.44. The zero-order valence-corrected chi connectivity index (χ0v) is 19.1. The number of carboxylic acid groups (broad SMARTS) is 1. The molecule has 2 aliphatic rings. The smallest absolute Gasteiger partial charge is 0.407 e. The SMILES string of the molecule is CC1CCN(C(=O)C(CC(=O)O)NC(=O)OCC2c3ccccc3-c3ccccc32)CC1CO. The monoisotopic (exact) mass is 466 g/mol. The number of amides is 2. The molecular formula is C26H30N2O6. The second-order valence-corrected chi connectivity index (χ2v) is 9.11. The van der Waals surface area contributed by atoms with Crippen molar-refractivity contribution in [2.45, 2.75) is 31.7 Å². The van der Waals surface area contributed by atoms with Gasteiger partial charge in [0.2, 0.25) is 5.91 Å². The highest BCUT2D eigenvalue weighted by atomic mass is 16.5. The standard InChI is InChI=1S/C26H30N2O6/c1-16-10-11-28(13-17(16)14-29)25(32)23(12-24(30)31)27-26(33)34-15-22-20-8-4-2-6-18(20)19-7-3-5-9-21(19)22/h2-9,16-17,22-23,29H,10-15H2,1H3,(H,27,33)(H,30,31). The molecule has 3 atom stereocenters. The fourth-order valence-electron chi connectivity index (χ4n) is 4.96. The molecule has 1 aliphatic carbocycles. The Morgan fingerprint density at radius 1 is 1.09 bits per heavy atom. The first-order chi connectivity index (χ1) is 16.4. The van der Waals surface area contributed by atoms with Crippen LogP contribution in [0.25, 0.3) is 11.1 Å². The molecule has 1 saturated heterocycles. The van der Waals surface area contributed by atoms with E-state index in [1.54, 1.807) is 0 Å². The van der Waals surface area contributed by atoms with Gasteiger partial charge < -0.3 is 25.2 Å². The average molecular weight is 467 g/mol. The van der Waals surface area contributed by atoms with E-state index in [-0.39, 0.29) is 31.0 Å². The number of carbonyl (C=O) groups excluding carboxylic acids is 2. The third-order valence-corrected chi connectivity index (χ3v) is 6.97. The highest BCUT2D eigenvalue weighted by Gasteiger charge is 2.34. The van der Waals surface area contributed by atoms with Gasteiger partial charge in [0, 0.05) is 31.5 Å². The normalized spacial score (nSPS) is 20.2. The van der Waals surface area contributed by atoms with Crippen molar-refractivity contribution in [3.05, 3.63) is 59.7 Å². The van der Waals surface area contributed by atoms with Crippen molar-refractivity contribution in [3.8, 4) is 11.1 Å². The molecule has 8 nitrogen and oxygen atoms in total. The van der Waals surface area contributed by atoms with Crippen LogP contribution < -0.4 is 5.32 Å². The summed E-state index contributed by atoms with van der Waals surface area (Å²) in [5, 5.41) is 21.3. The molecule has 2 aromatic rings. The number of likely N-dealkylation sites (tertiary alicyclic amines) is 1. The van der Waals surface area contributed by atoms with Gasteiger partial charge in [-0.15, -0.1) is 0 Å². The van der Waals surface area contributed by atoms with Crippen LogP contribution in [0, 0.1) is 11.8 Å². The van der Waals surface area contributed by atoms with Crippen LogP contribution in [0.15, 0.2) is 48.5 Å². The summed E-state index contributed by atoms with van der Waals surface area (Å²) in [5.74, 6) is -1.61.